The first-order chi connectivity index (χ1) is 12.4. The number of hydrogen-bond donors (Lipinski definition) is 0. The molecule has 3 saturated carbocycles. The van der Waals surface area contributed by atoms with Gasteiger partial charge in [0.05, 0.1) is 6.54 Å². The number of ether oxygens (including phenoxy) is 1. The maximum absolute atomic E-state index is 12.5. The van der Waals surface area contributed by atoms with Gasteiger partial charge in [0.2, 0.25) is 0 Å². The van der Waals surface area contributed by atoms with E-state index in [-0.39, 0.29) is 12.1 Å². The zero-order valence-corrected chi connectivity index (χ0v) is 16.4. The highest BCUT2D eigenvalue weighted by Gasteiger charge is 2.57. The second-order valence-electron chi connectivity index (χ2n) is 9.08. The summed E-state index contributed by atoms with van der Waals surface area (Å²) in [6.45, 7) is 11.2. The van der Waals surface area contributed by atoms with E-state index in [1.807, 2.05) is 6.07 Å². The van der Waals surface area contributed by atoms with E-state index in [1.165, 1.54) is 12.1 Å². The normalized spacial score (nSPS) is 33.4. The summed E-state index contributed by atoms with van der Waals surface area (Å²) in [6, 6.07) is 10.5. The molecule has 0 amide bonds. The molecular formula is C22H32N2O2. The van der Waals surface area contributed by atoms with E-state index in [9.17, 15) is 4.79 Å². The summed E-state index contributed by atoms with van der Waals surface area (Å²) in [5.41, 5.74) is 1.71. The number of hydrogen-bond acceptors (Lipinski definition) is 4. The van der Waals surface area contributed by atoms with Crippen LogP contribution in [0.3, 0.4) is 0 Å². The van der Waals surface area contributed by atoms with Crippen molar-refractivity contribution in [1.29, 1.82) is 0 Å². The van der Waals surface area contributed by atoms with Gasteiger partial charge in [0.1, 0.15) is 6.10 Å². The van der Waals surface area contributed by atoms with E-state index in [0.29, 0.717) is 23.8 Å². The standard InChI is InChI=1S/C22H32N2O2/c1-16-19-13-17(22(19,2)3)14-20(16)26-21(25)15-23-9-11-24(12-10-23)18-7-5-4-6-8-18/h4-8,16-17,19-20H,9-15H2,1-3H3/t16-,17+,19-,20-/m1/s1. The Morgan fingerprint density at radius 1 is 1.12 bits per heavy atom. The molecule has 1 aromatic carbocycles. The minimum Gasteiger partial charge on any atom is -0.461 e. The van der Waals surface area contributed by atoms with Crippen LogP contribution in [0.1, 0.15) is 33.6 Å². The number of benzene rings is 1. The predicted octanol–water partition coefficient (Wildman–Crippen LogP) is 3.42. The Hall–Kier alpha value is -1.55. The summed E-state index contributed by atoms with van der Waals surface area (Å²) < 4.78 is 5.92. The monoisotopic (exact) mass is 356 g/mol. The molecule has 0 aromatic heterocycles. The molecule has 0 unspecified atom stereocenters. The van der Waals surface area contributed by atoms with Gasteiger partial charge in [-0.05, 0) is 48.1 Å². The van der Waals surface area contributed by atoms with Crippen LogP contribution in [-0.2, 0) is 9.53 Å². The first kappa shape index (κ1) is 17.8. The van der Waals surface area contributed by atoms with Crippen LogP contribution in [0.25, 0.3) is 0 Å². The van der Waals surface area contributed by atoms with Crippen molar-refractivity contribution >= 4 is 11.7 Å². The van der Waals surface area contributed by atoms with E-state index in [1.54, 1.807) is 0 Å². The van der Waals surface area contributed by atoms with Gasteiger partial charge in [-0.15, -0.1) is 0 Å². The molecule has 142 valence electrons. The second-order valence-corrected chi connectivity index (χ2v) is 9.08. The summed E-state index contributed by atoms with van der Waals surface area (Å²) in [4.78, 5) is 17.1. The van der Waals surface area contributed by atoms with Crippen LogP contribution in [0, 0.1) is 23.2 Å². The van der Waals surface area contributed by atoms with E-state index in [0.717, 1.165) is 38.5 Å². The predicted molar refractivity (Wildman–Crippen MR) is 104 cm³/mol. The summed E-state index contributed by atoms with van der Waals surface area (Å²) >= 11 is 0. The Morgan fingerprint density at radius 3 is 2.42 bits per heavy atom. The molecule has 4 nitrogen and oxygen atoms in total. The van der Waals surface area contributed by atoms with Crippen LogP contribution in [0.5, 0.6) is 0 Å². The lowest BCUT2D eigenvalue weighted by Gasteiger charge is -2.61. The number of para-hydroxylation sites is 1. The fraction of sp³-hybridized carbons (Fsp3) is 0.682. The molecule has 4 aliphatic rings. The van der Waals surface area contributed by atoms with Crippen molar-refractivity contribution in [2.24, 2.45) is 23.2 Å². The third-order valence-corrected chi connectivity index (χ3v) is 7.41. The van der Waals surface area contributed by atoms with Gasteiger partial charge in [0, 0.05) is 31.9 Å². The SMILES string of the molecule is C[C@@H]1[C@H]2C[C@@H](C[C@H]1OC(=O)CN1CCN(c3ccccc3)CC1)C2(C)C. The van der Waals surface area contributed by atoms with Crippen molar-refractivity contribution < 1.29 is 9.53 Å². The molecule has 1 saturated heterocycles. The van der Waals surface area contributed by atoms with Gasteiger partial charge in [0.25, 0.3) is 0 Å². The highest BCUT2D eigenvalue weighted by Crippen LogP contribution is 2.61. The van der Waals surface area contributed by atoms with E-state index in [2.05, 4.69) is 54.8 Å². The molecule has 5 rings (SSSR count). The van der Waals surface area contributed by atoms with E-state index >= 15 is 0 Å². The molecule has 1 aliphatic heterocycles. The topological polar surface area (TPSA) is 32.8 Å². The van der Waals surface area contributed by atoms with Gasteiger partial charge < -0.3 is 9.64 Å². The lowest BCUT2D eigenvalue weighted by atomic mass is 9.45. The highest BCUT2D eigenvalue weighted by molar-refractivity contribution is 5.72. The first-order valence-electron chi connectivity index (χ1n) is 10.2. The smallest absolute Gasteiger partial charge is 0.320 e. The van der Waals surface area contributed by atoms with Crippen LogP contribution in [0.2, 0.25) is 0 Å². The number of anilines is 1. The van der Waals surface area contributed by atoms with Crippen molar-refractivity contribution in [3.63, 3.8) is 0 Å². The number of fused-ring (bicyclic) bond motifs is 2. The lowest BCUT2D eigenvalue weighted by molar-refractivity contribution is -0.186. The molecule has 1 aromatic rings. The van der Waals surface area contributed by atoms with Gasteiger partial charge in [-0.1, -0.05) is 39.0 Å². The van der Waals surface area contributed by atoms with Gasteiger partial charge in [-0.25, -0.2) is 0 Å². The number of esters is 1. The fourth-order valence-electron chi connectivity index (χ4n) is 5.45. The van der Waals surface area contributed by atoms with Gasteiger partial charge in [-0.2, -0.15) is 0 Å². The van der Waals surface area contributed by atoms with Crippen LogP contribution >= 0.6 is 0 Å². The summed E-state index contributed by atoms with van der Waals surface area (Å²) in [5.74, 6) is 1.91. The molecule has 4 heteroatoms. The molecule has 0 spiro atoms. The zero-order valence-electron chi connectivity index (χ0n) is 16.4. The Kier molecular flexibility index (Phi) is 4.72. The van der Waals surface area contributed by atoms with Crippen LogP contribution < -0.4 is 4.90 Å². The van der Waals surface area contributed by atoms with Crippen LogP contribution in [0.4, 0.5) is 5.69 Å². The third-order valence-electron chi connectivity index (χ3n) is 7.41. The molecule has 3 aliphatic carbocycles. The molecule has 1 heterocycles. The average molecular weight is 357 g/mol. The minimum absolute atomic E-state index is 0.0332. The van der Waals surface area contributed by atoms with Crippen molar-refractivity contribution in [3.8, 4) is 0 Å². The molecule has 0 radical (unpaired) electrons. The lowest BCUT2D eigenvalue weighted by Crippen LogP contribution is -2.57. The molecular weight excluding hydrogens is 324 g/mol. The largest absolute Gasteiger partial charge is 0.461 e. The van der Waals surface area contributed by atoms with E-state index < -0.39 is 0 Å². The van der Waals surface area contributed by atoms with Gasteiger partial charge in [-0.3, -0.25) is 9.69 Å². The Morgan fingerprint density at radius 2 is 1.81 bits per heavy atom. The first-order valence-corrected chi connectivity index (χ1v) is 10.2. The maximum atomic E-state index is 12.5. The second kappa shape index (κ2) is 6.88. The molecule has 4 fully saturated rings. The molecule has 4 atom stereocenters. The summed E-state index contributed by atoms with van der Waals surface area (Å²) in [5, 5.41) is 0. The number of carbonyl (C=O) groups excluding carboxylic acids is 1. The summed E-state index contributed by atoms with van der Waals surface area (Å²) in [7, 11) is 0. The Bertz CT molecular complexity index is 637. The number of piperazine rings is 1. The van der Waals surface area contributed by atoms with E-state index in [4.69, 9.17) is 4.74 Å². The Labute approximate surface area is 157 Å². The average Bonchev–Trinajstić information content (AvgIpc) is 2.64. The molecule has 2 bridgehead atoms. The highest BCUT2D eigenvalue weighted by atomic mass is 16.5. The number of nitrogens with zero attached hydrogens (tertiary/aromatic N) is 2. The van der Waals surface area contributed by atoms with Crippen LogP contribution in [-0.4, -0.2) is 49.7 Å². The van der Waals surface area contributed by atoms with Crippen molar-refractivity contribution in [2.75, 3.05) is 37.6 Å². The van der Waals surface area contributed by atoms with Gasteiger partial charge >= 0.3 is 5.97 Å². The maximum Gasteiger partial charge on any atom is 0.320 e. The minimum atomic E-state index is -0.0332. The van der Waals surface area contributed by atoms with Crippen molar-refractivity contribution in [1.82, 2.24) is 4.90 Å². The molecule has 26 heavy (non-hydrogen) atoms. The van der Waals surface area contributed by atoms with Crippen molar-refractivity contribution in [3.05, 3.63) is 30.3 Å². The third kappa shape index (κ3) is 3.24. The number of carbonyl (C=O) groups is 1. The summed E-state index contributed by atoms with van der Waals surface area (Å²) in [6.07, 6.45) is 2.51. The van der Waals surface area contributed by atoms with Gasteiger partial charge in [0.15, 0.2) is 0 Å². The zero-order chi connectivity index (χ0) is 18.3. The molecule has 0 N–H and O–H groups in total. The number of rotatable bonds is 4. The van der Waals surface area contributed by atoms with Crippen LogP contribution in [0.15, 0.2) is 30.3 Å². The van der Waals surface area contributed by atoms with Crippen molar-refractivity contribution in [2.45, 2.75) is 39.7 Å². The quantitative estimate of drug-likeness (QED) is 0.774. The fourth-order valence-corrected chi connectivity index (χ4v) is 5.45. The Balaban J connectivity index is 1.24.